The van der Waals surface area contributed by atoms with E-state index in [1.165, 1.54) is 12.1 Å². The van der Waals surface area contributed by atoms with E-state index in [9.17, 15) is 19.5 Å². The van der Waals surface area contributed by atoms with E-state index < -0.39 is 36.4 Å². The Morgan fingerprint density at radius 1 is 1.05 bits per heavy atom. The molecule has 0 amide bonds. The maximum Gasteiger partial charge on any atom is 0.336 e. The standard InChI is InChI=1S/C12H12O7.Cr/c13-9(14)6-12(18,11(16)17)7-10(15)19-8-4-2-1-3-5-8;/h1-5,18H,6-7H2,(H,13,14)(H,16,17);. The van der Waals surface area contributed by atoms with Gasteiger partial charge < -0.3 is 20.1 Å². The number of benzene rings is 1. The van der Waals surface area contributed by atoms with E-state index in [0.717, 1.165) is 0 Å². The van der Waals surface area contributed by atoms with Crippen molar-refractivity contribution in [2.24, 2.45) is 0 Å². The molecule has 3 N–H and O–H groups in total. The molecule has 0 heterocycles. The van der Waals surface area contributed by atoms with Gasteiger partial charge in [-0.05, 0) is 12.1 Å². The van der Waals surface area contributed by atoms with Gasteiger partial charge >= 0.3 is 17.9 Å². The number of carboxylic acids is 2. The number of esters is 1. The van der Waals surface area contributed by atoms with Crippen molar-refractivity contribution in [2.45, 2.75) is 18.4 Å². The van der Waals surface area contributed by atoms with Crippen LogP contribution in [0.25, 0.3) is 0 Å². The number of aliphatic hydroxyl groups is 1. The minimum atomic E-state index is -2.68. The van der Waals surface area contributed by atoms with E-state index in [4.69, 9.17) is 14.9 Å². The van der Waals surface area contributed by atoms with Gasteiger partial charge in [0, 0.05) is 17.4 Å². The molecule has 0 saturated carbocycles. The van der Waals surface area contributed by atoms with Crippen molar-refractivity contribution >= 4 is 17.9 Å². The van der Waals surface area contributed by atoms with E-state index in [0.29, 0.717) is 0 Å². The van der Waals surface area contributed by atoms with Crippen LogP contribution in [0.1, 0.15) is 12.8 Å². The third-order valence-corrected chi connectivity index (χ3v) is 2.25. The summed E-state index contributed by atoms with van der Waals surface area (Å²) in [5.74, 6) is -4.18. The number of carbonyl (C=O) groups excluding carboxylic acids is 1. The van der Waals surface area contributed by atoms with Gasteiger partial charge in [0.25, 0.3) is 0 Å². The topological polar surface area (TPSA) is 121 Å². The third kappa shape index (κ3) is 5.40. The van der Waals surface area contributed by atoms with E-state index >= 15 is 0 Å². The molecule has 1 unspecified atom stereocenters. The molecule has 0 bridgehead atoms. The molecule has 0 aliphatic rings. The number of hydrogen-bond donors (Lipinski definition) is 3. The van der Waals surface area contributed by atoms with Crippen LogP contribution >= 0.6 is 0 Å². The second-order valence-electron chi connectivity index (χ2n) is 3.87. The molecule has 0 radical (unpaired) electrons. The fourth-order valence-electron chi connectivity index (χ4n) is 1.36. The summed E-state index contributed by atoms with van der Waals surface area (Å²) in [6.45, 7) is 0. The molecule has 108 valence electrons. The van der Waals surface area contributed by atoms with Gasteiger partial charge in [0.15, 0.2) is 5.60 Å². The largest absolute Gasteiger partial charge is 0.481 e. The van der Waals surface area contributed by atoms with Crippen LogP contribution in [-0.2, 0) is 31.7 Å². The van der Waals surface area contributed by atoms with E-state index in [-0.39, 0.29) is 23.1 Å². The van der Waals surface area contributed by atoms with E-state index in [1.54, 1.807) is 18.2 Å². The van der Waals surface area contributed by atoms with Gasteiger partial charge in [-0.3, -0.25) is 9.59 Å². The fourth-order valence-corrected chi connectivity index (χ4v) is 1.36. The van der Waals surface area contributed by atoms with Crippen molar-refractivity contribution in [3.05, 3.63) is 30.3 Å². The number of hydrogen-bond acceptors (Lipinski definition) is 5. The van der Waals surface area contributed by atoms with Gasteiger partial charge in [-0.2, -0.15) is 0 Å². The Balaban J connectivity index is 0.00000361. The van der Waals surface area contributed by atoms with Crippen molar-refractivity contribution in [1.82, 2.24) is 0 Å². The van der Waals surface area contributed by atoms with Crippen LogP contribution in [0, 0.1) is 0 Å². The predicted octanol–water partition coefficient (Wildman–Crippen LogP) is 0.270. The molecule has 7 nitrogen and oxygen atoms in total. The van der Waals surface area contributed by atoms with Gasteiger partial charge in [0.2, 0.25) is 0 Å². The number of ether oxygens (including phenoxy) is 1. The van der Waals surface area contributed by atoms with Gasteiger partial charge in [-0.15, -0.1) is 0 Å². The molecular weight excluding hydrogens is 308 g/mol. The maximum absolute atomic E-state index is 11.5. The summed E-state index contributed by atoms with van der Waals surface area (Å²) in [5.41, 5.74) is -2.68. The molecule has 0 saturated heterocycles. The number of carboxylic acid groups (broad SMARTS) is 2. The Labute approximate surface area is 124 Å². The molecule has 20 heavy (non-hydrogen) atoms. The molecule has 0 spiro atoms. The van der Waals surface area contributed by atoms with E-state index in [2.05, 4.69) is 0 Å². The summed E-state index contributed by atoms with van der Waals surface area (Å²) >= 11 is 0. The van der Waals surface area contributed by atoms with Gasteiger partial charge in [0.05, 0.1) is 12.8 Å². The average Bonchev–Trinajstić information content (AvgIpc) is 2.28. The normalized spacial score (nSPS) is 12.7. The van der Waals surface area contributed by atoms with Gasteiger partial charge in [-0.25, -0.2) is 4.79 Å². The first-order valence-corrected chi connectivity index (χ1v) is 5.27. The van der Waals surface area contributed by atoms with Crippen molar-refractivity contribution in [3.63, 3.8) is 0 Å². The SMILES string of the molecule is O=C(O)CC(O)(CC(=O)Oc1ccccc1)C(=O)O.[Cr]. The number of aliphatic carboxylic acids is 2. The van der Waals surface area contributed by atoms with Crippen LogP contribution in [-0.4, -0.2) is 38.8 Å². The molecular formula is C12H12CrO7. The molecule has 0 aliphatic carbocycles. The Morgan fingerprint density at radius 3 is 2.05 bits per heavy atom. The average molecular weight is 320 g/mol. The van der Waals surface area contributed by atoms with Crippen molar-refractivity contribution < 1.29 is 51.8 Å². The Morgan fingerprint density at radius 2 is 1.60 bits per heavy atom. The first kappa shape index (κ1) is 18.1. The third-order valence-electron chi connectivity index (χ3n) is 2.25. The molecule has 0 aromatic heterocycles. The summed E-state index contributed by atoms with van der Waals surface area (Å²) in [6.07, 6.45) is -2.05. The minimum absolute atomic E-state index is 0. The Hall–Kier alpha value is -1.88. The summed E-state index contributed by atoms with van der Waals surface area (Å²) in [6, 6.07) is 7.83. The molecule has 0 fully saturated rings. The van der Waals surface area contributed by atoms with Crippen molar-refractivity contribution in [1.29, 1.82) is 0 Å². The summed E-state index contributed by atoms with van der Waals surface area (Å²) < 4.78 is 4.79. The Kier molecular flexibility index (Phi) is 6.93. The fraction of sp³-hybridized carbons (Fsp3) is 0.250. The van der Waals surface area contributed by atoms with Crippen molar-refractivity contribution in [2.75, 3.05) is 0 Å². The minimum Gasteiger partial charge on any atom is -0.481 e. The first-order chi connectivity index (χ1) is 8.83. The van der Waals surface area contributed by atoms with Crippen LogP contribution in [0.2, 0.25) is 0 Å². The first-order valence-electron chi connectivity index (χ1n) is 5.27. The van der Waals surface area contributed by atoms with Gasteiger partial charge in [0.1, 0.15) is 5.75 Å². The number of rotatable bonds is 6. The maximum atomic E-state index is 11.5. The molecule has 1 aromatic carbocycles. The van der Waals surface area contributed by atoms with Crippen LogP contribution in [0.5, 0.6) is 5.75 Å². The molecule has 0 aliphatic heterocycles. The summed E-state index contributed by atoms with van der Waals surface area (Å²) in [4.78, 5) is 32.8. The zero-order valence-corrected chi connectivity index (χ0v) is 11.5. The second-order valence-corrected chi connectivity index (χ2v) is 3.87. The van der Waals surface area contributed by atoms with Crippen LogP contribution in [0.4, 0.5) is 0 Å². The molecule has 1 aromatic rings. The molecule has 1 rings (SSSR count). The van der Waals surface area contributed by atoms with Crippen molar-refractivity contribution in [3.8, 4) is 5.75 Å². The van der Waals surface area contributed by atoms with Crippen LogP contribution in [0.3, 0.4) is 0 Å². The smallest absolute Gasteiger partial charge is 0.336 e. The Bertz CT molecular complexity index is 488. The monoisotopic (exact) mass is 320 g/mol. The van der Waals surface area contributed by atoms with Gasteiger partial charge in [-0.1, -0.05) is 18.2 Å². The summed E-state index contributed by atoms with van der Waals surface area (Å²) in [5, 5.41) is 26.9. The second kappa shape index (κ2) is 7.65. The predicted molar refractivity (Wildman–Crippen MR) is 61.5 cm³/mol. The molecule has 8 heteroatoms. The molecule has 1 atom stereocenters. The zero-order valence-electron chi connectivity index (χ0n) is 10.2. The zero-order chi connectivity index (χ0) is 14.5. The van der Waals surface area contributed by atoms with E-state index in [1.807, 2.05) is 0 Å². The number of carbonyl (C=O) groups is 3. The number of para-hydroxylation sites is 1. The van der Waals surface area contributed by atoms with Crippen LogP contribution in [0.15, 0.2) is 30.3 Å². The summed E-state index contributed by atoms with van der Waals surface area (Å²) in [7, 11) is 0. The quantitative estimate of drug-likeness (QED) is 0.508. The van der Waals surface area contributed by atoms with Crippen LogP contribution < -0.4 is 4.74 Å².